The Morgan fingerprint density at radius 1 is 0.800 bits per heavy atom. The van der Waals surface area contributed by atoms with E-state index in [0.29, 0.717) is 11.3 Å². The summed E-state index contributed by atoms with van der Waals surface area (Å²) >= 11 is 0. The number of pyridine rings is 2. The minimum atomic E-state index is -4.80. The predicted octanol–water partition coefficient (Wildman–Crippen LogP) is 9.03. The second kappa shape index (κ2) is 13.6. The SMILES string of the molecule is Fc1c[c-]c(-c2ccccn2)cc1.[2H]c1cc(C([2H])([2H])C(C)(C)C(F)(F)F)cc([2H])c1-c1ccnc(-c2[c-]cccc2)c1.[Ir]. The van der Waals surface area contributed by atoms with Crippen LogP contribution in [0.1, 0.15) is 24.9 Å². The molecule has 0 aliphatic heterocycles. The van der Waals surface area contributed by atoms with Crippen LogP contribution < -0.4 is 0 Å². The van der Waals surface area contributed by atoms with Crippen LogP contribution in [-0.2, 0) is 26.5 Å². The van der Waals surface area contributed by atoms with Crippen LogP contribution in [0, 0.1) is 23.4 Å². The Morgan fingerprint density at radius 3 is 2.10 bits per heavy atom. The molecule has 0 spiro atoms. The first-order valence-electron chi connectivity index (χ1n) is 13.9. The third-order valence-corrected chi connectivity index (χ3v) is 5.66. The van der Waals surface area contributed by atoms with Crippen LogP contribution in [0.2, 0.25) is 0 Å². The van der Waals surface area contributed by atoms with E-state index < -0.39 is 18.0 Å². The normalized spacial score (nSPS) is 12.9. The molecule has 5 aromatic rings. The molecule has 0 amide bonds. The third-order valence-electron chi connectivity index (χ3n) is 5.66. The molecule has 3 aromatic carbocycles. The molecule has 0 bridgehead atoms. The van der Waals surface area contributed by atoms with Gasteiger partial charge in [0.15, 0.2) is 0 Å². The molecule has 0 fully saturated rings. The van der Waals surface area contributed by atoms with Crippen molar-refractivity contribution >= 4 is 0 Å². The number of hydrogen-bond acceptors (Lipinski definition) is 2. The third kappa shape index (κ3) is 8.17. The molecule has 2 aromatic heterocycles. The smallest absolute Gasteiger partial charge is 0.305 e. The zero-order chi connectivity index (χ0) is 31.4. The summed E-state index contributed by atoms with van der Waals surface area (Å²) in [4.78, 5) is 8.40. The van der Waals surface area contributed by atoms with Crippen molar-refractivity contribution in [2.24, 2.45) is 5.41 Å². The van der Waals surface area contributed by atoms with Gasteiger partial charge >= 0.3 is 6.18 Å². The topological polar surface area (TPSA) is 25.8 Å². The minimum Gasteiger partial charge on any atom is -0.305 e. The molecule has 0 N–H and O–H groups in total. The van der Waals surface area contributed by atoms with Crippen LogP contribution in [0.3, 0.4) is 0 Å². The summed E-state index contributed by atoms with van der Waals surface area (Å²) < 4.78 is 85.6. The van der Waals surface area contributed by atoms with E-state index in [1.54, 1.807) is 30.5 Å². The van der Waals surface area contributed by atoms with E-state index in [0.717, 1.165) is 42.8 Å². The Kier molecular flexibility index (Phi) is 8.60. The quantitative estimate of drug-likeness (QED) is 0.134. The Hall–Kier alpha value is -3.67. The summed E-state index contributed by atoms with van der Waals surface area (Å²) in [6.45, 7) is 1.55. The molecule has 40 heavy (non-hydrogen) atoms. The molecule has 0 aliphatic rings. The van der Waals surface area contributed by atoms with E-state index in [1.165, 1.54) is 18.3 Å². The van der Waals surface area contributed by atoms with Crippen molar-refractivity contribution < 1.29 is 43.2 Å². The molecular formula is C33H26F4IrN2-2. The second-order valence-electron chi connectivity index (χ2n) is 9.00. The van der Waals surface area contributed by atoms with Gasteiger partial charge < -0.3 is 9.97 Å². The monoisotopic (exact) mass is 723 g/mol. The Morgan fingerprint density at radius 2 is 1.50 bits per heavy atom. The summed E-state index contributed by atoms with van der Waals surface area (Å²) in [7, 11) is 0. The minimum absolute atomic E-state index is 0. The number of nitrogens with zero attached hydrogens (tertiary/aromatic N) is 2. The van der Waals surface area contributed by atoms with Gasteiger partial charge in [0.05, 0.1) is 8.16 Å². The fourth-order valence-corrected chi connectivity index (χ4v) is 3.43. The largest absolute Gasteiger partial charge is 0.394 e. The summed E-state index contributed by atoms with van der Waals surface area (Å²) in [6, 6.07) is 28.0. The van der Waals surface area contributed by atoms with Gasteiger partial charge in [-0.1, -0.05) is 56.3 Å². The number of rotatable bonds is 5. The number of halogens is 4. The molecule has 2 heterocycles. The number of benzene rings is 3. The molecule has 0 saturated heterocycles. The average Bonchev–Trinajstić information content (AvgIpc) is 2.98. The first-order valence-corrected chi connectivity index (χ1v) is 11.9. The summed E-state index contributed by atoms with van der Waals surface area (Å²) in [5.74, 6) is -0.278. The van der Waals surface area contributed by atoms with Gasteiger partial charge in [0.2, 0.25) is 0 Å². The van der Waals surface area contributed by atoms with Gasteiger partial charge in [-0.05, 0) is 46.6 Å². The molecule has 7 heteroatoms. The van der Waals surface area contributed by atoms with Crippen LogP contribution in [0.25, 0.3) is 33.6 Å². The van der Waals surface area contributed by atoms with Crippen LogP contribution in [0.4, 0.5) is 17.6 Å². The van der Waals surface area contributed by atoms with Crippen LogP contribution in [0.15, 0.2) is 109 Å². The van der Waals surface area contributed by atoms with Gasteiger partial charge in [-0.2, -0.15) is 13.2 Å². The van der Waals surface area contributed by atoms with E-state index in [2.05, 4.69) is 22.1 Å². The van der Waals surface area contributed by atoms with E-state index >= 15 is 0 Å². The van der Waals surface area contributed by atoms with Crippen molar-refractivity contribution in [3.63, 3.8) is 0 Å². The maximum absolute atomic E-state index is 13.4. The summed E-state index contributed by atoms with van der Waals surface area (Å²) in [5.41, 5.74) is 0.543. The van der Waals surface area contributed by atoms with Crippen molar-refractivity contribution in [3.8, 4) is 33.6 Å². The van der Waals surface area contributed by atoms with Crippen LogP contribution in [0.5, 0.6) is 0 Å². The Bertz CT molecular complexity index is 1660. The first-order chi connectivity index (χ1) is 20.2. The van der Waals surface area contributed by atoms with Crippen molar-refractivity contribution in [2.45, 2.75) is 26.4 Å². The number of aromatic nitrogens is 2. The predicted molar refractivity (Wildman–Crippen MR) is 146 cm³/mol. The molecule has 207 valence electrons. The van der Waals surface area contributed by atoms with E-state index in [4.69, 9.17) is 5.48 Å². The van der Waals surface area contributed by atoms with Gasteiger partial charge in [0, 0.05) is 41.1 Å². The zero-order valence-electron chi connectivity index (χ0n) is 25.5. The zero-order valence-corrected chi connectivity index (χ0v) is 23.9. The molecular weight excluding hydrogens is 693 g/mol. The molecule has 1 radical (unpaired) electrons. The summed E-state index contributed by atoms with van der Waals surface area (Å²) in [6.07, 6.45) is -4.40. The van der Waals surface area contributed by atoms with E-state index in [9.17, 15) is 17.6 Å². The fraction of sp³-hybridized carbons (Fsp3) is 0.152. The maximum Gasteiger partial charge on any atom is 0.394 e. The molecule has 2 nitrogen and oxygen atoms in total. The first kappa shape index (κ1) is 25.3. The van der Waals surface area contributed by atoms with Crippen molar-refractivity contribution in [1.29, 1.82) is 0 Å². The van der Waals surface area contributed by atoms with Gasteiger partial charge in [0.25, 0.3) is 0 Å². The molecule has 0 atom stereocenters. The molecule has 5 rings (SSSR count). The maximum atomic E-state index is 13.4. The standard InChI is InChI=1S/C22H19F3N.C11H7FN.Ir/c1-21(2,22(23,24)25)15-16-8-10-17(11-9-16)19-12-13-26-20(14-19)18-6-4-3-5-7-18;12-10-6-4-9(5-7-10)11-3-1-2-8-13-11;/h3-6,8-14H,15H2,1-2H3;1-4,6-8H;/q2*-1;/i10D,11D,15D2;;. The van der Waals surface area contributed by atoms with E-state index in [1.807, 2.05) is 36.4 Å². The van der Waals surface area contributed by atoms with Gasteiger partial charge in [-0.15, -0.1) is 65.7 Å². The van der Waals surface area contributed by atoms with Crippen LogP contribution >= 0.6 is 0 Å². The number of hydrogen-bond donors (Lipinski definition) is 0. The van der Waals surface area contributed by atoms with E-state index in [-0.39, 0.29) is 49.1 Å². The van der Waals surface area contributed by atoms with Gasteiger partial charge in [-0.3, -0.25) is 4.39 Å². The molecule has 0 unspecified atom stereocenters. The second-order valence-corrected chi connectivity index (χ2v) is 9.00. The van der Waals surface area contributed by atoms with Crippen molar-refractivity contribution in [1.82, 2.24) is 9.97 Å². The molecule has 0 aliphatic carbocycles. The Labute approximate surface area is 251 Å². The number of alkyl halides is 3. The Balaban J connectivity index is 0.000000315. The molecule has 0 saturated carbocycles. The van der Waals surface area contributed by atoms with Crippen LogP contribution in [-0.4, -0.2) is 16.1 Å². The average molecular weight is 723 g/mol. The van der Waals surface area contributed by atoms with Crippen molar-refractivity contribution in [3.05, 3.63) is 133 Å². The van der Waals surface area contributed by atoms with Gasteiger partial charge in [0.1, 0.15) is 0 Å². The summed E-state index contributed by atoms with van der Waals surface area (Å²) in [5, 5.41) is 0. The van der Waals surface area contributed by atoms with Gasteiger partial charge in [-0.25, -0.2) is 0 Å². The van der Waals surface area contributed by atoms with Crippen molar-refractivity contribution in [2.75, 3.05) is 0 Å². The fourth-order valence-electron chi connectivity index (χ4n) is 3.43.